The Kier molecular flexibility index (Phi) is 11.5. The second-order valence-electron chi connectivity index (χ2n) is 4.75. The molecule has 0 atom stereocenters. The molecule has 0 fully saturated rings. The van der Waals surface area contributed by atoms with E-state index in [4.69, 9.17) is 0 Å². The fourth-order valence-corrected chi connectivity index (χ4v) is 1.87. The second kappa shape index (κ2) is 11.9. The van der Waals surface area contributed by atoms with Crippen molar-refractivity contribution in [2.45, 2.75) is 58.3 Å². The molecule has 0 heterocycles. The van der Waals surface area contributed by atoms with E-state index in [0.29, 0.717) is 6.42 Å². The summed E-state index contributed by atoms with van der Waals surface area (Å²) >= 11 is 0. The molecule has 0 aliphatic heterocycles. The third-order valence-electron chi connectivity index (χ3n) is 3.04. The Balaban J connectivity index is 3.23. The van der Waals surface area contributed by atoms with Gasteiger partial charge in [-0.2, -0.15) is 0 Å². The summed E-state index contributed by atoms with van der Waals surface area (Å²) in [7, 11) is 3.58. The third kappa shape index (κ3) is 11.7. The van der Waals surface area contributed by atoms with Crippen molar-refractivity contribution < 1.29 is 9.53 Å². The van der Waals surface area contributed by atoms with Gasteiger partial charge >= 0.3 is 5.97 Å². The first-order valence-electron chi connectivity index (χ1n) is 6.96. The highest BCUT2D eigenvalue weighted by atomic mass is 16.5. The first kappa shape index (κ1) is 16.4. The fraction of sp³-hybridized carbons (Fsp3) is 0.929. The smallest absolute Gasteiger partial charge is 0.305 e. The van der Waals surface area contributed by atoms with Crippen LogP contribution >= 0.6 is 0 Å². The third-order valence-corrected chi connectivity index (χ3v) is 3.04. The van der Waals surface area contributed by atoms with Gasteiger partial charge in [0, 0.05) is 6.42 Å². The number of rotatable bonds is 11. The van der Waals surface area contributed by atoms with Crippen LogP contribution in [-0.4, -0.2) is 38.1 Å². The zero-order valence-electron chi connectivity index (χ0n) is 11.8. The summed E-state index contributed by atoms with van der Waals surface area (Å²) in [6, 6.07) is 0. The number of unbranched alkanes of at least 4 members (excludes halogenated alkanes) is 5. The van der Waals surface area contributed by atoms with Crippen LogP contribution in [0.5, 0.6) is 0 Å². The summed E-state index contributed by atoms with van der Waals surface area (Å²) in [5.74, 6) is -0.0991. The highest BCUT2D eigenvalue weighted by molar-refractivity contribution is 5.69. The SMILES string of the molecule is CCCCCCCCN(C)CCCC(=O)OC. The van der Waals surface area contributed by atoms with Gasteiger partial charge in [-0.15, -0.1) is 0 Å². The van der Waals surface area contributed by atoms with E-state index in [2.05, 4.69) is 23.6 Å². The lowest BCUT2D eigenvalue weighted by atomic mass is 10.1. The number of nitrogens with zero attached hydrogens (tertiary/aromatic N) is 1. The van der Waals surface area contributed by atoms with Crippen molar-refractivity contribution in [3.8, 4) is 0 Å². The van der Waals surface area contributed by atoms with E-state index in [1.807, 2.05) is 0 Å². The van der Waals surface area contributed by atoms with Crippen LogP contribution in [0.25, 0.3) is 0 Å². The Bertz CT molecular complexity index is 183. The van der Waals surface area contributed by atoms with Gasteiger partial charge in [-0.05, 0) is 33.0 Å². The van der Waals surface area contributed by atoms with Crippen LogP contribution < -0.4 is 0 Å². The largest absolute Gasteiger partial charge is 0.469 e. The van der Waals surface area contributed by atoms with E-state index in [1.54, 1.807) is 0 Å². The number of methoxy groups -OCH3 is 1. The number of ether oxygens (including phenoxy) is 1. The molecule has 0 saturated carbocycles. The fourth-order valence-electron chi connectivity index (χ4n) is 1.87. The maximum atomic E-state index is 10.9. The molecule has 102 valence electrons. The van der Waals surface area contributed by atoms with Crippen LogP contribution in [-0.2, 0) is 9.53 Å². The molecule has 0 aliphatic carbocycles. The zero-order chi connectivity index (χ0) is 12.9. The molecule has 0 aromatic heterocycles. The average molecular weight is 243 g/mol. The molecule has 0 spiro atoms. The predicted molar refractivity (Wildman–Crippen MR) is 72.1 cm³/mol. The van der Waals surface area contributed by atoms with Crippen LogP contribution in [0.15, 0.2) is 0 Å². The Morgan fingerprint density at radius 3 is 2.24 bits per heavy atom. The first-order chi connectivity index (χ1) is 8.20. The van der Waals surface area contributed by atoms with E-state index in [9.17, 15) is 4.79 Å². The molecular formula is C14H29NO2. The standard InChI is InChI=1S/C14H29NO2/c1-4-5-6-7-8-9-12-15(2)13-10-11-14(16)17-3/h4-13H2,1-3H3. The van der Waals surface area contributed by atoms with Crippen LogP contribution in [0, 0.1) is 0 Å². The van der Waals surface area contributed by atoms with E-state index in [0.717, 1.165) is 19.5 Å². The lowest BCUT2D eigenvalue weighted by Crippen LogP contribution is -2.21. The van der Waals surface area contributed by atoms with E-state index in [1.165, 1.54) is 45.6 Å². The van der Waals surface area contributed by atoms with Gasteiger partial charge in [-0.25, -0.2) is 0 Å². The van der Waals surface area contributed by atoms with Crippen molar-refractivity contribution in [2.24, 2.45) is 0 Å². The molecule has 0 aliphatic rings. The van der Waals surface area contributed by atoms with Crippen molar-refractivity contribution in [1.29, 1.82) is 0 Å². The van der Waals surface area contributed by atoms with Gasteiger partial charge in [0.1, 0.15) is 0 Å². The minimum atomic E-state index is -0.0991. The number of hydrogen-bond acceptors (Lipinski definition) is 3. The van der Waals surface area contributed by atoms with Crippen molar-refractivity contribution in [3.63, 3.8) is 0 Å². The topological polar surface area (TPSA) is 29.5 Å². The summed E-state index contributed by atoms with van der Waals surface area (Å²) < 4.78 is 4.61. The van der Waals surface area contributed by atoms with Gasteiger partial charge in [-0.3, -0.25) is 4.79 Å². The van der Waals surface area contributed by atoms with Crippen LogP contribution in [0.4, 0.5) is 0 Å². The quantitative estimate of drug-likeness (QED) is 0.412. The minimum absolute atomic E-state index is 0.0991. The number of hydrogen-bond donors (Lipinski definition) is 0. The molecule has 0 unspecified atom stereocenters. The second-order valence-corrected chi connectivity index (χ2v) is 4.75. The summed E-state index contributed by atoms with van der Waals surface area (Å²) in [4.78, 5) is 13.2. The molecule has 0 radical (unpaired) electrons. The minimum Gasteiger partial charge on any atom is -0.469 e. The number of esters is 1. The van der Waals surface area contributed by atoms with Crippen LogP contribution in [0.3, 0.4) is 0 Å². The van der Waals surface area contributed by atoms with Gasteiger partial charge in [0.25, 0.3) is 0 Å². The van der Waals surface area contributed by atoms with E-state index < -0.39 is 0 Å². The van der Waals surface area contributed by atoms with Gasteiger partial charge < -0.3 is 9.64 Å². The Morgan fingerprint density at radius 2 is 1.59 bits per heavy atom. The van der Waals surface area contributed by atoms with Gasteiger partial charge in [0.05, 0.1) is 7.11 Å². The number of carbonyl (C=O) groups is 1. The monoisotopic (exact) mass is 243 g/mol. The molecule has 0 N–H and O–H groups in total. The van der Waals surface area contributed by atoms with Crippen molar-refractivity contribution in [1.82, 2.24) is 4.90 Å². The molecule has 3 nitrogen and oxygen atoms in total. The molecule has 0 rings (SSSR count). The van der Waals surface area contributed by atoms with Crippen molar-refractivity contribution in [2.75, 3.05) is 27.2 Å². The highest BCUT2D eigenvalue weighted by Gasteiger charge is 2.02. The molecule has 0 amide bonds. The lowest BCUT2D eigenvalue weighted by Gasteiger charge is -2.15. The summed E-state index contributed by atoms with van der Waals surface area (Å²) in [6.07, 6.45) is 9.48. The van der Waals surface area contributed by atoms with Crippen molar-refractivity contribution >= 4 is 5.97 Å². The predicted octanol–water partition coefficient (Wildman–Crippen LogP) is 3.23. The van der Waals surface area contributed by atoms with E-state index >= 15 is 0 Å². The molecule has 17 heavy (non-hydrogen) atoms. The first-order valence-corrected chi connectivity index (χ1v) is 6.96. The normalized spacial score (nSPS) is 10.8. The number of carbonyl (C=O) groups excluding carboxylic acids is 1. The molecule has 0 bridgehead atoms. The molecule has 0 aromatic rings. The van der Waals surface area contributed by atoms with Crippen LogP contribution in [0.2, 0.25) is 0 Å². The summed E-state index contributed by atoms with van der Waals surface area (Å²) in [6.45, 7) is 4.38. The van der Waals surface area contributed by atoms with Gasteiger partial charge in [0.2, 0.25) is 0 Å². The van der Waals surface area contributed by atoms with Crippen LogP contribution in [0.1, 0.15) is 58.3 Å². The van der Waals surface area contributed by atoms with E-state index in [-0.39, 0.29) is 5.97 Å². The molecule has 0 aromatic carbocycles. The Morgan fingerprint density at radius 1 is 1.00 bits per heavy atom. The van der Waals surface area contributed by atoms with Crippen molar-refractivity contribution in [3.05, 3.63) is 0 Å². The Hall–Kier alpha value is -0.570. The maximum Gasteiger partial charge on any atom is 0.305 e. The van der Waals surface area contributed by atoms with Gasteiger partial charge in [0.15, 0.2) is 0 Å². The molecule has 3 heteroatoms. The maximum absolute atomic E-state index is 10.9. The highest BCUT2D eigenvalue weighted by Crippen LogP contribution is 2.05. The Labute approximate surface area is 107 Å². The molecule has 0 saturated heterocycles. The molecular weight excluding hydrogens is 214 g/mol. The summed E-state index contributed by atoms with van der Waals surface area (Å²) in [5.41, 5.74) is 0. The zero-order valence-corrected chi connectivity index (χ0v) is 11.8. The van der Waals surface area contributed by atoms with Gasteiger partial charge in [-0.1, -0.05) is 39.0 Å². The summed E-state index contributed by atoms with van der Waals surface area (Å²) in [5, 5.41) is 0. The average Bonchev–Trinajstić information content (AvgIpc) is 2.33. The lowest BCUT2D eigenvalue weighted by molar-refractivity contribution is -0.140.